The molecule has 3 atom stereocenters. The average Bonchev–Trinajstić information content (AvgIpc) is 2.60. The summed E-state index contributed by atoms with van der Waals surface area (Å²) in [7, 11) is 1.84. The Morgan fingerprint density at radius 1 is 0.909 bits per heavy atom. The molecule has 116 valence electrons. The summed E-state index contributed by atoms with van der Waals surface area (Å²) in [6, 6.07) is 19.5. The smallest absolute Gasteiger partial charge is 0.227 e. The van der Waals surface area contributed by atoms with Crippen LogP contribution in [0.4, 0.5) is 0 Å². The van der Waals surface area contributed by atoms with Crippen molar-refractivity contribution in [1.29, 1.82) is 0 Å². The van der Waals surface area contributed by atoms with E-state index in [1.807, 2.05) is 81.6 Å². The second-order valence-electron chi connectivity index (χ2n) is 5.76. The Morgan fingerprint density at radius 2 is 1.36 bits per heavy atom. The minimum absolute atomic E-state index is 0.0270. The minimum atomic E-state index is -0.292. The lowest BCUT2D eigenvalue weighted by molar-refractivity contribution is -0.136. The summed E-state index contributed by atoms with van der Waals surface area (Å²) in [6.45, 7) is 3.93. The first-order valence-electron chi connectivity index (χ1n) is 7.64. The molecule has 0 bridgehead atoms. The van der Waals surface area contributed by atoms with Crippen LogP contribution in [0.5, 0.6) is 0 Å². The van der Waals surface area contributed by atoms with E-state index in [1.54, 1.807) is 4.90 Å². The molecule has 2 aromatic carbocycles. The van der Waals surface area contributed by atoms with E-state index in [9.17, 15) is 4.79 Å². The molecule has 0 radical (unpaired) electrons. The topological polar surface area (TPSA) is 46.3 Å². The molecule has 3 heteroatoms. The second-order valence-corrected chi connectivity index (χ2v) is 5.76. The zero-order chi connectivity index (χ0) is 16.1. The van der Waals surface area contributed by atoms with Crippen molar-refractivity contribution in [2.24, 2.45) is 11.7 Å². The fraction of sp³-hybridized carbons (Fsp3) is 0.316. The summed E-state index contributed by atoms with van der Waals surface area (Å²) < 4.78 is 0. The van der Waals surface area contributed by atoms with Gasteiger partial charge in [-0.2, -0.15) is 0 Å². The van der Waals surface area contributed by atoms with Crippen LogP contribution in [0.1, 0.15) is 37.1 Å². The number of carbonyl (C=O) groups is 1. The first-order valence-corrected chi connectivity index (χ1v) is 7.64. The Bertz CT molecular complexity index is 544. The van der Waals surface area contributed by atoms with Gasteiger partial charge in [0.15, 0.2) is 0 Å². The first-order chi connectivity index (χ1) is 10.5. The van der Waals surface area contributed by atoms with Gasteiger partial charge in [-0.15, -0.1) is 0 Å². The van der Waals surface area contributed by atoms with Gasteiger partial charge >= 0.3 is 0 Å². The van der Waals surface area contributed by atoms with Gasteiger partial charge < -0.3 is 10.6 Å². The predicted molar refractivity (Wildman–Crippen MR) is 90.2 cm³/mol. The molecule has 1 amide bonds. The maximum Gasteiger partial charge on any atom is 0.227 e. The molecule has 0 fully saturated rings. The standard InChI is InChI=1S/C19H24N2O/c1-14(18(20)17-12-8-5-9-13-17)19(22)21(3)15(2)16-10-6-4-7-11-16/h4-15,18H,20H2,1-3H3. The van der Waals surface area contributed by atoms with Crippen molar-refractivity contribution >= 4 is 5.91 Å². The van der Waals surface area contributed by atoms with Crippen LogP contribution in [0.25, 0.3) is 0 Å². The van der Waals surface area contributed by atoms with E-state index >= 15 is 0 Å². The van der Waals surface area contributed by atoms with Crippen LogP contribution in [-0.2, 0) is 4.79 Å². The highest BCUT2D eigenvalue weighted by Gasteiger charge is 2.27. The molecule has 0 saturated carbocycles. The van der Waals surface area contributed by atoms with E-state index in [2.05, 4.69) is 0 Å². The number of amides is 1. The maximum atomic E-state index is 12.7. The minimum Gasteiger partial charge on any atom is -0.339 e. The molecule has 0 aromatic heterocycles. The summed E-state index contributed by atoms with van der Waals surface area (Å²) in [5.74, 6) is -0.203. The molecule has 22 heavy (non-hydrogen) atoms. The number of rotatable bonds is 5. The van der Waals surface area contributed by atoms with Crippen molar-refractivity contribution < 1.29 is 4.79 Å². The zero-order valence-electron chi connectivity index (χ0n) is 13.4. The van der Waals surface area contributed by atoms with Crippen molar-refractivity contribution in [3.8, 4) is 0 Å². The number of benzene rings is 2. The van der Waals surface area contributed by atoms with Gasteiger partial charge in [0.2, 0.25) is 5.91 Å². The van der Waals surface area contributed by atoms with Crippen LogP contribution in [0.3, 0.4) is 0 Å². The molecule has 2 N–H and O–H groups in total. The molecule has 0 aliphatic heterocycles. The summed E-state index contributed by atoms with van der Waals surface area (Å²) in [5.41, 5.74) is 8.38. The second kappa shape index (κ2) is 7.23. The lowest BCUT2D eigenvalue weighted by Gasteiger charge is -2.30. The number of hydrogen-bond acceptors (Lipinski definition) is 2. The third-order valence-electron chi connectivity index (χ3n) is 4.32. The van der Waals surface area contributed by atoms with Gasteiger partial charge in [-0.1, -0.05) is 67.6 Å². The summed E-state index contributed by atoms with van der Waals surface area (Å²) in [6.07, 6.45) is 0. The van der Waals surface area contributed by atoms with Crippen LogP contribution in [0, 0.1) is 5.92 Å². The van der Waals surface area contributed by atoms with Gasteiger partial charge in [0, 0.05) is 13.1 Å². The largest absolute Gasteiger partial charge is 0.339 e. The van der Waals surface area contributed by atoms with Crippen LogP contribution in [0.15, 0.2) is 60.7 Å². The fourth-order valence-electron chi connectivity index (χ4n) is 2.58. The van der Waals surface area contributed by atoms with Crippen molar-refractivity contribution in [2.45, 2.75) is 25.9 Å². The molecule has 0 heterocycles. The van der Waals surface area contributed by atoms with Gasteiger partial charge in [-0.3, -0.25) is 4.79 Å². The molecule has 2 aromatic rings. The van der Waals surface area contributed by atoms with E-state index in [4.69, 9.17) is 5.73 Å². The van der Waals surface area contributed by atoms with Gasteiger partial charge in [-0.05, 0) is 18.1 Å². The van der Waals surface area contributed by atoms with Gasteiger partial charge in [-0.25, -0.2) is 0 Å². The molecule has 2 rings (SSSR count). The van der Waals surface area contributed by atoms with Gasteiger partial charge in [0.1, 0.15) is 0 Å². The van der Waals surface area contributed by atoms with Crippen molar-refractivity contribution in [3.63, 3.8) is 0 Å². The Kier molecular flexibility index (Phi) is 5.34. The summed E-state index contributed by atoms with van der Waals surface area (Å²) in [5, 5.41) is 0. The third-order valence-corrected chi connectivity index (χ3v) is 4.32. The van der Waals surface area contributed by atoms with E-state index in [0.717, 1.165) is 11.1 Å². The summed E-state index contributed by atoms with van der Waals surface area (Å²) in [4.78, 5) is 14.5. The predicted octanol–water partition coefficient (Wildman–Crippen LogP) is 3.54. The SMILES string of the molecule is CC(C(=O)N(C)C(C)c1ccccc1)C(N)c1ccccc1. The Morgan fingerprint density at radius 3 is 1.86 bits per heavy atom. The van der Waals surface area contributed by atoms with Crippen LogP contribution in [0.2, 0.25) is 0 Å². The van der Waals surface area contributed by atoms with E-state index in [1.165, 1.54) is 0 Å². The first kappa shape index (κ1) is 16.2. The van der Waals surface area contributed by atoms with E-state index in [-0.39, 0.29) is 23.9 Å². The molecule has 0 aliphatic rings. The number of nitrogens with zero attached hydrogens (tertiary/aromatic N) is 1. The number of hydrogen-bond donors (Lipinski definition) is 1. The fourth-order valence-corrected chi connectivity index (χ4v) is 2.58. The molecule has 0 saturated heterocycles. The quantitative estimate of drug-likeness (QED) is 0.917. The summed E-state index contributed by atoms with van der Waals surface area (Å²) >= 11 is 0. The third kappa shape index (κ3) is 3.55. The normalized spacial score (nSPS) is 14.9. The lowest BCUT2D eigenvalue weighted by Crippen LogP contribution is -2.38. The van der Waals surface area contributed by atoms with Crippen molar-refractivity contribution in [2.75, 3.05) is 7.05 Å². The van der Waals surface area contributed by atoms with Crippen molar-refractivity contribution in [3.05, 3.63) is 71.8 Å². The Balaban J connectivity index is 2.10. The Hall–Kier alpha value is -2.13. The highest BCUT2D eigenvalue weighted by atomic mass is 16.2. The highest BCUT2D eigenvalue weighted by Crippen LogP contribution is 2.25. The van der Waals surface area contributed by atoms with E-state index in [0.29, 0.717) is 0 Å². The van der Waals surface area contributed by atoms with Gasteiger partial charge in [0.05, 0.1) is 12.0 Å². The van der Waals surface area contributed by atoms with Crippen LogP contribution < -0.4 is 5.73 Å². The molecule has 0 aliphatic carbocycles. The maximum absolute atomic E-state index is 12.7. The van der Waals surface area contributed by atoms with Crippen molar-refractivity contribution in [1.82, 2.24) is 4.90 Å². The van der Waals surface area contributed by atoms with E-state index < -0.39 is 0 Å². The number of carbonyl (C=O) groups excluding carboxylic acids is 1. The molecule has 3 nitrogen and oxygen atoms in total. The Labute approximate surface area is 132 Å². The van der Waals surface area contributed by atoms with Gasteiger partial charge in [0.25, 0.3) is 0 Å². The number of nitrogens with two attached hydrogens (primary N) is 1. The monoisotopic (exact) mass is 296 g/mol. The van der Waals surface area contributed by atoms with Crippen LogP contribution in [-0.4, -0.2) is 17.9 Å². The highest BCUT2D eigenvalue weighted by molar-refractivity contribution is 5.79. The average molecular weight is 296 g/mol. The molecular weight excluding hydrogens is 272 g/mol. The molecule has 0 spiro atoms. The van der Waals surface area contributed by atoms with Crippen LogP contribution >= 0.6 is 0 Å². The lowest BCUT2D eigenvalue weighted by atomic mass is 9.93. The molecule has 3 unspecified atom stereocenters. The zero-order valence-corrected chi connectivity index (χ0v) is 13.4. The molecular formula is C19H24N2O.